The molecule has 3 rings (SSSR count). The van der Waals surface area contributed by atoms with Crippen molar-refractivity contribution in [1.29, 1.82) is 0 Å². The predicted molar refractivity (Wildman–Crippen MR) is 89.4 cm³/mol. The van der Waals surface area contributed by atoms with Crippen molar-refractivity contribution in [2.24, 2.45) is 0 Å². The van der Waals surface area contributed by atoms with E-state index in [1.54, 1.807) is 6.92 Å². The highest BCUT2D eigenvalue weighted by molar-refractivity contribution is 5.80. The van der Waals surface area contributed by atoms with Crippen LogP contribution < -0.4 is 10.9 Å². The second kappa shape index (κ2) is 6.91. The molecule has 0 unspecified atom stereocenters. The molecule has 2 heterocycles. The Morgan fingerprint density at radius 2 is 2.00 bits per heavy atom. The van der Waals surface area contributed by atoms with Crippen molar-refractivity contribution in [3.05, 3.63) is 40.3 Å². The Morgan fingerprint density at radius 1 is 1.26 bits per heavy atom. The largest absolute Gasteiger partial charge is 0.353 e. The second-order valence-electron chi connectivity index (χ2n) is 5.98. The van der Waals surface area contributed by atoms with Crippen LogP contribution >= 0.6 is 0 Å². The van der Waals surface area contributed by atoms with Crippen LogP contribution in [0.15, 0.2) is 29.1 Å². The van der Waals surface area contributed by atoms with Gasteiger partial charge in [-0.2, -0.15) is 0 Å². The smallest absolute Gasteiger partial charge is 0.272 e. The molecule has 0 spiro atoms. The summed E-state index contributed by atoms with van der Waals surface area (Å²) in [5.74, 6) is -0.137. The molecule has 1 amide bonds. The van der Waals surface area contributed by atoms with Gasteiger partial charge in [0.2, 0.25) is 5.91 Å². The molecule has 1 fully saturated rings. The van der Waals surface area contributed by atoms with Crippen LogP contribution in [-0.2, 0) is 11.3 Å². The number of carbonyl (C=O) groups is 1. The lowest BCUT2D eigenvalue weighted by atomic mass is 10.2. The third-order valence-electron chi connectivity index (χ3n) is 4.27. The van der Waals surface area contributed by atoms with E-state index in [1.165, 1.54) is 17.4 Å². The number of benzene rings is 1. The number of fused-ring (bicyclic) bond motifs is 1. The number of rotatable bonds is 5. The van der Waals surface area contributed by atoms with Gasteiger partial charge in [0.25, 0.3) is 5.56 Å². The summed E-state index contributed by atoms with van der Waals surface area (Å²) in [6, 6.07) is 7.39. The minimum atomic E-state index is -0.210. The van der Waals surface area contributed by atoms with E-state index >= 15 is 0 Å². The maximum atomic E-state index is 12.3. The van der Waals surface area contributed by atoms with E-state index in [4.69, 9.17) is 0 Å². The van der Waals surface area contributed by atoms with E-state index in [2.05, 4.69) is 15.2 Å². The maximum Gasteiger partial charge on any atom is 0.272 e. The number of hydrogen-bond acceptors (Lipinski definition) is 4. The summed E-state index contributed by atoms with van der Waals surface area (Å²) in [7, 11) is 0. The quantitative estimate of drug-likeness (QED) is 0.891. The normalized spacial score (nSPS) is 15.2. The maximum absolute atomic E-state index is 12.3. The molecule has 1 aliphatic rings. The van der Waals surface area contributed by atoms with Gasteiger partial charge in [0.05, 0.1) is 11.0 Å². The zero-order chi connectivity index (χ0) is 16.2. The summed E-state index contributed by atoms with van der Waals surface area (Å²) in [5.41, 5.74) is 1.62. The average molecular weight is 314 g/mol. The van der Waals surface area contributed by atoms with Crippen molar-refractivity contribution < 1.29 is 4.79 Å². The molecule has 0 radical (unpaired) electrons. The minimum Gasteiger partial charge on any atom is -0.353 e. The highest BCUT2D eigenvalue weighted by Gasteiger charge is 2.13. The van der Waals surface area contributed by atoms with Crippen molar-refractivity contribution in [1.82, 2.24) is 19.8 Å². The van der Waals surface area contributed by atoms with E-state index in [0.717, 1.165) is 25.2 Å². The highest BCUT2D eigenvalue weighted by Crippen LogP contribution is 2.09. The first-order valence-corrected chi connectivity index (χ1v) is 8.10. The number of amides is 1. The van der Waals surface area contributed by atoms with Crippen LogP contribution in [0.25, 0.3) is 11.0 Å². The van der Waals surface area contributed by atoms with Crippen molar-refractivity contribution in [3.8, 4) is 0 Å². The van der Waals surface area contributed by atoms with Gasteiger partial charge in [-0.3, -0.25) is 14.2 Å². The van der Waals surface area contributed by atoms with Crippen LogP contribution in [0.5, 0.6) is 0 Å². The number of nitrogens with zero attached hydrogens (tertiary/aromatic N) is 3. The zero-order valence-corrected chi connectivity index (χ0v) is 13.4. The molecule has 6 heteroatoms. The van der Waals surface area contributed by atoms with E-state index in [9.17, 15) is 9.59 Å². The average Bonchev–Trinajstić information content (AvgIpc) is 3.05. The number of hydrogen-bond donors (Lipinski definition) is 1. The van der Waals surface area contributed by atoms with Crippen LogP contribution in [-0.4, -0.2) is 46.5 Å². The van der Waals surface area contributed by atoms with Crippen LogP contribution in [0.1, 0.15) is 18.5 Å². The van der Waals surface area contributed by atoms with Gasteiger partial charge in [-0.15, -0.1) is 0 Å². The Labute approximate surface area is 135 Å². The number of para-hydroxylation sites is 2. The van der Waals surface area contributed by atoms with Gasteiger partial charge < -0.3 is 10.2 Å². The Bertz CT molecular complexity index is 763. The summed E-state index contributed by atoms with van der Waals surface area (Å²) < 4.78 is 1.50. The lowest BCUT2D eigenvalue weighted by molar-refractivity contribution is -0.121. The third-order valence-corrected chi connectivity index (χ3v) is 4.27. The molecule has 122 valence electrons. The standard InChI is InChI=1S/C17H22N4O2/c1-13-17(23)21(15-7-3-2-6-14(15)19-13)12-16(22)18-8-11-20-9-4-5-10-20/h2-3,6-7H,4-5,8-12H2,1H3,(H,18,22). The first-order valence-electron chi connectivity index (χ1n) is 8.10. The molecule has 1 aliphatic heterocycles. The molecule has 0 bridgehead atoms. The minimum absolute atomic E-state index is 0.0305. The molecule has 6 nitrogen and oxygen atoms in total. The van der Waals surface area contributed by atoms with E-state index in [-0.39, 0.29) is 18.0 Å². The molecule has 1 aromatic carbocycles. The number of likely N-dealkylation sites (tertiary alicyclic amines) is 1. The van der Waals surface area contributed by atoms with Gasteiger partial charge in [-0.25, -0.2) is 4.98 Å². The summed E-state index contributed by atoms with van der Waals surface area (Å²) in [6.07, 6.45) is 2.48. The second-order valence-corrected chi connectivity index (χ2v) is 5.98. The molecular formula is C17H22N4O2. The molecule has 1 N–H and O–H groups in total. The molecule has 2 aromatic rings. The van der Waals surface area contributed by atoms with Gasteiger partial charge >= 0.3 is 0 Å². The van der Waals surface area contributed by atoms with Crippen LogP contribution in [0.3, 0.4) is 0 Å². The van der Waals surface area contributed by atoms with Crippen LogP contribution in [0.4, 0.5) is 0 Å². The molecule has 0 atom stereocenters. The molecule has 1 aromatic heterocycles. The fraction of sp³-hybridized carbons (Fsp3) is 0.471. The summed E-state index contributed by atoms with van der Waals surface area (Å²) in [5, 5.41) is 2.91. The molecule has 23 heavy (non-hydrogen) atoms. The van der Waals surface area contributed by atoms with Gasteiger partial charge in [0.15, 0.2) is 0 Å². The zero-order valence-electron chi connectivity index (χ0n) is 13.4. The molecule has 0 saturated carbocycles. The first-order chi connectivity index (χ1) is 11.1. The van der Waals surface area contributed by atoms with E-state index in [0.29, 0.717) is 17.8 Å². The third kappa shape index (κ3) is 3.59. The molecule has 1 saturated heterocycles. The number of aryl methyl sites for hydroxylation is 1. The fourth-order valence-corrected chi connectivity index (χ4v) is 3.04. The van der Waals surface area contributed by atoms with Crippen LogP contribution in [0.2, 0.25) is 0 Å². The lowest BCUT2D eigenvalue weighted by Gasteiger charge is -2.15. The van der Waals surface area contributed by atoms with Crippen molar-refractivity contribution >= 4 is 16.9 Å². The lowest BCUT2D eigenvalue weighted by Crippen LogP contribution is -2.37. The van der Waals surface area contributed by atoms with Crippen LogP contribution in [0, 0.1) is 6.92 Å². The van der Waals surface area contributed by atoms with Crippen molar-refractivity contribution in [2.45, 2.75) is 26.3 Å². The monoisotopic (exact) mass is 314 g/mol. The number of aromatic nitrogens is 2. The SMILES string of the molecule is Cc1nc2ccccc2n(CC(=O)NCCN2CCCC2)c1=O. The Hall–Kier alpha value is -2.21. The van der Waals surface area contributed by atoms with E-state index < -0.39 is 0 Å². The highest BCUT2D eigenvalue weighted by atomic mass is 16.2. The molecule has 0 aliphatic carbocycles. The Morgan fingerprint density at radius 3 is 2.78 bits per heavy atom. The fourth-order valence-electron chi connectivity index (χ4n) is 3.04. The molecular weight excluding hydrogens is 292 g/mol. The predicted octanol–water partition coefficient (Wildman–Crippen LogP) is 0.917. The Balaban J connectivity index is 1.69. The Kier molecular flexibility index (Phi) is 4.71. The van der Waals surface area contributed by atoms with Gasteiger partial charge in [0, 0.05) is 13.1 Å². The van der Waals surface area contributed by atoms with Crippen molar-refractivity contribution in [2.75, 3.05) is 26.2 Å². The van der Waals surface area contributed by atoms with Gasteiger partial charge in [0.1, 0.15) is 12.2 Å². The van der Waals surface area contributed by atoms with E-state index in [1.807, 2.05) is 24.3 Å². The first kappa shape index (κ1) is 15.7. The summed E-state index contributed by atoms with van der Waals surface area (Å²) in [6.45, 7) is 5.43. The number of nitrogens with one attached hydrogen (secondary N) is 1. The number of carbonyl (C=O) groups excluding carboxylic acids is 1. The van der Waals surface area contributed by atoms with Crippen molar-refractivity contribution in [3.63, 3.8) is 0 Å². The van der Waals surface area contributed by atoms with Gasteiger partial charge in [-0.1, -0.05) is 12.1 Å². The summed E-state index contributed by atoms with van der Waals surface area (Å²) >= 11 is 0. The van der Waals surface area contributed by atoms with Gasteiger partial charge in [-0.05, 0) is 45.0 Å². The summed E-state index contributed by atoms with van der Waals surface area (Å²) in [4.78, 5) is 31.1. The topological polar surface area (TPSA) is 67.2 Å².